The van der Waals surface area contributed by atoms with Crippen molar-refractivity contribution in [2.45, 2.75) is 50.5 Å². The molecule has 5 aliphatic rings. The summed E-state index contributed by atoms with van der Waals surface area (Å²) in [6.07, 6.45) is 5.05. The normalized spacial score (nSPS) is 32.5. The first-order chi connectivity index (χ1) is 17.0. The van der Waals surface area contributed by atoms with Gasteiger partial charge in [0.15, 0.2) is 5.69 Å². The van der Waals surface area contributed by atoms with Gasteiger partial charge in [-0.3, -0.25) is 24.5 Å². The molecule has 1 unspecified atom stereocenters. The summed E-state index contributed by atoms with van der Waals surface area (Å²) >= 11 is 0. The van der Waals surface area contributed by atoms with Crippen LogP contribution in [0.1, 0.15) is 52.1 Å². The monoisotopic (exact) mass is 476 g/mol. The smallest absolute Gasteiger partial charge is 0.273 e. The van der Waals surface area contributed by atoms with Gasteiger partial charge in [-0.25, -0.2) is 4.68 Å². The van der Waals surface area contributed by atoms with E-state index in [-0.39, 0.29) is 42.5 Å². The van der Waals surface area contributed by atoms with Gasteiger partial charge in [-0.15, -0.1) is 5.10 Å². The third-order valence-corrected chi connectivity index (χ3v) is 8.14. The average Bonchev–Trinajstić information content (AvgIpc) is 3.17. The Bertz CT molecular complexity index is 1290. The number of nitrogens with one attached hydrogen (secondary N) is 2. The molecule has 4 amide bonds. The predicted octanol–water partition coefficient (Wildman–Crippen LogP) is 0.182. The molecule has 6 atom stereocenters. The van der Waals surface area contributed by atoms with E-state index in [9.17, 15) is 19.2 Å². The van der Waals surface area contributed by atoms with Gasteiger partial charge < -0.3 is 15.0 Å². The third-order valence-electron chi connectivity index (χ3n) is 8.14. The SMILES string of the molecule is O=C1CCC(N2Cc3cc(-n4cc(C(=O)NC[C@@H]5C[C@@H]6O[C@H]5[C@H]5C[C@H]56)nn4)ccc3C2=O)C(=O)N1. The van der Waals surface area contributed by atoms with E-state index in [1.165, 1.54) is 16.0 Å². The summed E-state index contributed by atoms with van der Waals surface area (Å²) in [5.41, 5.74) is 2.16. The van der Waals surface area contributed by atoms with E-state index < -0.39 is 11.9 Å². The Morgan fingerprint density at radius 2 is 2.09 bits per heavy atom. The standard InChI is InChI=1S/C24H24N6O5/c31-20-4-3-18(23(33)26-20)29-9-12-5-13(1-2-14(12)24(29)34)30-10-17(27-28-30)22(32)25-8-11-6-19-15-7-16(15)21(11)35-19/h1-2,5,10-11,15-16,18-19,21H,3-4,6-9H2,(H,25,32)(H,26,31,33)/t11-,15+,16-,18?,19-,21+/m0/s1. The summed E-state index contributed by atoms with van der Waals surface area (Å²) in [6, 6.07) is 4.58. The molecule has 7 rings (SSSR count). The highest BCUT2D eigenvalue weighted by Gasteiger charge is 2.62. The third kappa shape index (κ3) is 3.28. The van der Waals surface area contributed by atoms with Gasteiger partial charge in [0.2, 0.25) is 11.8 Å². The number of imide groups is 1. The predicted molar refractivity (Wildman–Crippen MR) is 118 cm³/mol. The Morgan fingerprint density at radius 1 is 1.20 bits per heavy atom. The van der Waals surface area contributed by atoms with Crippen molar-refractivity contribution in [1.29, 1.82) is 0 Å². The Kier molecular flexibility index (Phi) is 4.41. The average molecular weight is 476 g/mol. The number of nitrogens with zero attached hydrogens (tertiary/aromatic N) is 4. The van der Waals surface area contributed by atoms with Crippen LogP contribution in [0, 0.1) is 17.8 Å². The molecule has 1 aliphatic carbocycles. The fourth-order valence-corrected chi connectivity index (χ4v) is 6.28. The van der Waals surface area contributed by atoms with Crippen LogP contribution >= 0.6 is 0 Å². The number of hydrogen-bond donors (Lipinski definition) is 2. The lowest BCUT2D eigenvalue weighted by molar-refractivity contribution is -0.136. The van der Waals surface area contributed by atoms with E-state index in [1.54, 1.807) is 18.3 Å². The van der Waals surface area contributed by atoms with Gasteiger partial charge in [-0.1, -0.05) is 5.21 Å². The van der Waals surface area contributed by atoms with Crippen LogP contribution in [-0.4, -0.2) is 68.3 Å². The fourth-order valence-electron chi connectivity index (χ4n) is 6.28. The van der Waals surface area contributed by atoms with Crippen molar-refractivity contribution in [2.24, 2.45) is 17.8 Å². The maximum Gasteiger partial charge on any atom is 0.273 e. The van der Waals surface area contributed by atoms with Crippen molar-refractivity contribution in [3.05, 3.63) is 41.2 Å². The van der Waals surface area contributed by atoms with Gasteiger partial charge in [-0.2, -0.15) is 0 Å². The Labute approximate surface area is 200 Å². The zero-order chi connectivity index (χ0) is 23.8. The minimum Gasteiger partial charge on any atom is -0.374 e. The molecule has 11 nitrogen and oxygen atoms in total. The second-order valence-corrected chi connectivity index (χ2v) is 10.2. The van der Waals surface area contributed by atoms with Gasteiger partial charge in [0, 0.05) is 31.0 Å². The maximum atomic E-state index is 12.9. The lowest BCUT2D eigenvalue weighted by Crippen LogP contribution is -2.52. The number of carbonyl (C=O) groups is 4. The van der Waals surface area contributed by atoms with Crippen molar-refractivity contribution >= 4 is 23.6 Å². The summed E-state index contributed by atoms with van der Waals surface area (Å²) in [7, 11) is 0. The van der Waals surface area contributed by atoms with E-state index in [1.807, 2.05) is 6.07 Å². The van der Waals surface area contributed by atoms with E-state index in [0.717, 1.165) is 17.9 Å². The summed E-state index contributed by atoms with van der Waals surface area (Å²) in [4.78, 5) is 50.7. The summed E-state index contributed by atoms with van der Waals surface area (Å²) in [5.74, 6) is 0.546. The van der Waals surface area contributed by atoms with Crippen LogP contribution < -0.4 is 10.6 Å². The molecule has 180 valence electrons. The van der Waals surface area contributed by atoms with Gasteiger partial charge in [0.1, 0.15) is 6.04 Å². The number of ether oxygens (including phenoxy) is 1. The number of piperidine rings is 1. The molecule has 35 heavy (non-hydrogen) atoms. The number of benzene rings is 1. The quantitative estimate of drug-likeness (QED) is 0.588. The first-order valence-corrected chi connectivity index (χ1v) is 12.1. The van der Waals surface area contributed by atoms with Crippen LogP contribution in [0.15, 0.2) is 24.4 Å². The van der Waals surface area contributed by atoms with Crippen molar-refractivity contribution < 1.29 is 23.9 Å². The van der Waals surface area contributed by atoms with Crippen LogP contribution in [-0.2, 0) is 20.9 Å². The molecule has 0 spiro atoms. The number of fused-ring (bicyclic) bond motifs is 6. The lowest BCUT2D eigenvalue weighted by Gasteiger charge is -2.29. The van der Waals surface area contributed by atoms with Gasteiger partial charge in [0.05, 0.1) is 24.1 Å². The van der Waals surface area contributed by atoms with Crippen LogP contribution in [0.5, 0.6) is 0 Å². The van der Waals surface area contributed by atoms with Crippen LogP contribution in [0.3, 0.4) is 0 Å². The molecule has 2 bridgehead atoms. The number of rotatable bonds is 5. The molecule has 2 aromatic rings. The molecule has 1 saturated carbocycles. The first-order valence-electron chi connectivity index (χ1n) is 12.1. The zero-order valence-corrected chi connectivity index (χ0v) is 18.8. The van der Waals surface area contributed by atoms with Crippen LogP contribution in [0.2, 0.25) is 0 Å². The molecule has 4 fully saturated rings. The minimum absolute atomic E-state index is 0.210. The molecular weight excluding hydrogens is 452 g/mol. The second-order valence-electron chi connectivity index (χ2n) is 10.2. The van der Waals surface area contributed by atoms with E-state index >= 15 is 0 Å². The second kappa shape index (κ2) is 7.45. The molecule has 5 heterocycles. The van der Waals surface area contributed by atoms with Crippen molar-refractivity contribution in [2.75, 3.05) is 6.54 Å². The molecular formula is C24H24N6O5. The maximum absolute atomic E-state index is 12.9. The van der Waals surface area contributed by atoms with Crippen molar-refractivity contribution in [3.63, 3.8) is 0 Å². The number of hydrogen-bond acceptors (Lipinski definition) is 7. The molecule has 1 aromatic heterocycles. The largest absolute Gasteiger partial charge is 0.374 e. The van der Waals surface area contributed by atoms with Crippen molar-refractivity contribution in [1.82, 2.24) is 30.5 Å². The Hall–Kier alpha value is -3.60. The van der Waals surface area contributed by atoms with Crippen LogP contribution in [0.4, 0.5) is 0 Å². The Morgan fingerprint density at radius 3 is 2.89 bits per heavy atom. The fraction of sp³-hybridized carbons (Fsp3) is 0.500. The van der Waals surface area contributed by atoms with Gasteiger partial charge in [-0.05, 0) is 54.9 Å². The first kappa shape index (κ1) is 20.7. The number of aromatic nitrogens is 3. The topological polar surface area (TPSA) is 136 Å². The highest BCUT2D eigenvalue weighted by molar-refractivity contribution is 6.05. The molecule has 0 radical (unpaired) electrons. The zero-order valence-electron chi connectivity index (χ0n) is 18.8. The molecule has 2 N–H and O–H groups in total. The highest BCUT2D eigenvalue weighted by atomic mass is 16.5. The minimum atomic E-state index is -0.663. The van der Waals surface area contributed by atoms with E-state index in [0.29, 0.717) is 42.2 Å². The van der Waals surface area contributed by atoms with E-state index in [4.69, 9.17) is 4.74 Å². The highest BCUT2D eigenvalue weighted by Crippen LogP contribution is 2.60. The molecule has 11 heteroatoms. The van der Waals surface area contributed by atoms with Gasteiger partial charge >= 0.3 is 0 Å². The molecule has 4 aliphatic heterocycles. The number of amides is 4. The van der Waals surface area contributed by atoms with Gasteiger partial charge in [0.25, 0.3) is 11.8 Å². The van der Waals surface area contributed by atoms with Crippen molar-refractivity contribution in [3.8, 4) is 5.69 Å². The Balaban J connectivity index is 1.02. The lowest BCUT2D eigenvalue weighted by atomic mass is 9.89. The van der Waals surface area contributed by atoms with Crippen LogP contribution in [0.25, 0.3) is 5.69 Å². The summed E-state index contributed by atoms with van der Waals surface area (Å²) in [6.45, 7) is 0.844. The summed E-state index contributed by atoms with van der Waals surface area (Å²) in [5, 5.41) is 13.4. The molecule has 1 aromatic carbocycles. The van der Waals surface area contributed by atoms with E-state index in [2.05, 4.69) is 20.9 Å². The summed E-state index contributed by atoms with van der Waals surface area (Å²) < 4.78 is 7.50. The molecule has 3 saturated heterocycles. The number of carbonyl (C=O) groups excluding carboxylic acids is 4.